The van der Waals surface area contributed by atoms with Crippen molar-refractivity contribution in [1.29, 1.82) is 5.26 Å². The van der Waals surface area contributed by atoms with Crippen LogP contribution in [0.2, 0.25) is 0 Å². The number of aryl methyl sites for hydroxylation is 2. The van der Waals surface area contributed by atoms with Gasteiger partial charge in [0, 0.05) is 25.4 Å². The van der Waals surface area contributed by atoms with E-state index in [-0.39, 0.29) is 5.56 Å². The van der Waals surface area contributed by atoms with Gasteiger partial charge in [-0.05, 0) is 24.6 Å². The molecule has 1 heterocycles. The molecule has 0 radical (unpaired) electrons. The predicted molar refractivity (Wildman–Crippen MR) is 66.4 cm³/mol. The fourth-order valence-electron chi connectivity index (χ4n) is 1.61. The van der Waals surface area contributed by atoms with Gasteiger partial charge < -0.3 is 5.32 Å². The maximum Gasteiger partial charge on any atom is 0.148 e. The number of nitrogens with zero attached hydrogens (tertiary/aromatic N) is 3. The molecule has 92 valence electrons. The summed E-state index contributed by atoms with van der Waals surface area (Å²) >= 11 is 0. The van der Waals surface area contributed by atoms with Gasteiger partial charge in [-0.3, -0.25) is 4.68 Å². The first-order chi connectivity index (χ1) is 8.60. The Hall–Kier alpha value is -2.35. The maximum absolute atomic E-state index is 13.1. The van der Waals surface area contributed by atoms with Crippen LogP contribution >= 0.6 is 0 Å². The molecule has 0 saturated heterocycles. The number of aromatic nitrogens is 2. The lowest BCUT2D eigenvalue weighted by molar-refractivity contribution is 0.623. The summed E-state index contributed by atoms with van der Waals surface area (Å²) in [5.41, 5.74) is 1.96. The van der Waals surface area contributed by atoms with Crippen LogP contribution in [-0.4, -0.2) is 9.78 Å². The summed E-state index contributed by atoms with van der Waals surface area (Å²) < 4.78 is 14.9. The van der Waals surface area contributed by atoms with Crippen LogP contribution in [0.5, 0.6) is 0 Å². The summed E-state index contributed by atoms with van der Waals surface area (Å²) in [5.74, 6) is 0.271. The summed E-state index contributed by atoms with van der Waals surface area (Å²) in [6.45, 7) is 2.47. The second-order valence-corrected chi connectivity index (χ2v) is 4.07. The summed E-state index contributed by atoms with van der Waals surface area (Å²) in [5, 5.41) is 16.1. The van der Waals surface area contributed by atoms with E-state index in [2.05, 4.69) is 10.4 Å². The molecule has 0 amide bonds. The van der Waals surface area contributed by atoms with E-state index in [0.717, 1.165) is 17.1 Å². The third-order valence-electron chi connectivity index (χ3n) is 2.74. The van der Waals surface area contributed by atoms with Gasteiger partial charge in [0.15, 0.2) is 0 Å². The van der Waals surface area contributed by atoms with Crippen LogP contribution < -0.4 is 5.32 Å². The van der Waals surface area contributed by atoms with E-state index in [1.807, 2.05) is 26.1 Å². The van der Waals surface area contributed by atoms with Gasteiger partial charge in [0.2, 0.25) is 0 Å². The molecule has 18 heavy (non-hydrogen) atoms. The first-order valence-corrected chi connectivity index (χ1v) is 5.53. The highest BCUT2D eigenvalue weighted by atomic mass is 19.1. The summed E-state index contributed by atoms with van der Waals surface area (Å²) in [6, 6.07) is 8.25. The first kappa shape index (κ1) is 12.1. The highest BCUT2D eigenvalue weighted by molar-refractivity contribution is 5.39. The van der Waals surface area contributed by atoms with E-state index >= 15 is 0 Å². The van der Waals surface area contributed by atoms with Gasteiger partial charge in [0.1, 0.15) is 17.7 Å². The van der Waals surface area contributed by atoms with Gasteiger partial charge in [0.25, 0.3) is 0 Å². The minimum Gasteiger partial charge on any atom is -0.365 e. The van der Waals surface area contributed by atoms with Gasteiger partial charge in [-0.2, -0.15) is 10.4 Å². The molecule has 1 aromatic carbocycles. The van der Waals surface area contributed by atoms with Crippen molar-refractivity contribution < 1.29 is 4.39 Å². The van der Waals surface area contributed by atoms with Gasteiger partial charge in [0.05, 0.1) is 5.56 Å². The van der Waals surface area contributed by atoms with Crippen molar-refractivity contribution in [2.24, 2.45) is 7.05 Å². The van der Waals surface area contributed by atoms with Crippen molar-refractivity contribution in [3.63, 3.8) is 0 Å². The third-order valence-corrected chi connectivity index (χ3v) is 2.74. The quantitative estimate of drug-likeness (QED) is 0.901. The highest BCUT2D eigenvalue weighted by Gasteiger charge is 2.04. The Kier molecular flexibility index (Phi) is 3.28. The fraction of sp³-hybridized carbons (Fsp3) is 0.231. The number of benzene rings is 1. The second kappa shape index (κ2) is 4.88. The highest BCUT2D eigenvalue weighted by Crippen LogP contribution is 2.12. The minimum absolute atomic E-state index is 0.0616. The molecule has 1 N–H and O–H groups in total. The average molecular weight is 244 g/mol. The van der Waals surface area contributed by atoms with Crippen LogP contribution in [0, 0.1) is 24.1 Å². The Balaban J connectivity index is 2.09. The Bertz CT molecular complexity index is 590. The van der Waals surface area contributed by atoms with Crippen molar-refractivity contribution in [3.8, 4) is 6.07 Å². The second-order valence-electron chi connectivity index (χ2n) is 4.07. The predicted octanol–water partition coefficient (Wildman–Crippen LogP) is 2.35. The van der Waals surface area contributed by atoms with Crippen molar-refractivity contribution in [3.05, 3.63) is 46.9 Å². The van der Waals surface area contributed by atoms with Crippen LogP contribution in [0.4, 0.5) is 10.2 Å². The first-order valence-electron chi connectivity index (χ1n) is 5.53. The minimum atomic E-state index is -0.491. The van der Waals surface area contributed by atoms with Gasteiger partial charge in [-0.15, -0.1) is 0 Å². The Morgan fingerprint density at radius 2 is 2.22 bits per heavy atom. The average Bonchev–Trinajstić information content (AvgIpc) is 2.68. The van der Waals surface area contributed by atoms with Crippen LogP contribution in [0.15, 0.2) is 24.3 Å². The zero-order valence-corrected chi connectivity index (χ0v) is 10.2. The van der Waals surface area contributed by atoms with Crippen molar-refractivity contribution in [1.82, 2.24) is 9.78 Å². The molecule has 0 bridgehead atoms. The molecule has 0 aliphatic heterocycles. The molecular weight excluding hydrogens is 231 g/mol. The van der Waals surface area contributed by atoms with E-state index in [4.69, 9.17) is 5.26 Å². The fourth-order valence-corrected chi connectivity index (χ4v) is 1.61. The standard InChI is InChI=1S/C13H13FN4/c1-9-5-13(17-18(9)2)16-8-10-3-4-12(14)11(6-10)7-15/h3-6H,8H2,1-2H3,(H,16,17). The Morgan fingerprint density at radius 3 is 2.83 bits per heavy atom. The molecule has 0 spiro atoms. The van der Waals surface area contributed by atoms with E-state index in [9.17, 15) is 4.39 Å². The van der Waals surface area contributed by atoms with E-state index in [1.165, 1.54) is 12.1 Å². The topological polar surface area (TPSA) is 53.6 Å². The Labute approximate surface area is 105 Å². The number of hydrogen-bond acceptors (Lipinski definition) is 3. The van der Waals surface area contributed by atoms with Crippen molar-refractivity contribution in [2.75, 3.05) is 5.32 Å². The van der Waals surface area contributed by atoms with E-state index in [1.54, 1.807) is 10.7 Å². The number of anilines is 1. The number of nitriles is 1. The molecule has 5 heteroatoms. The molecular formula is C13H13FN4. The van der Waals surface area contributed by atoms with E-state index in [0.29, 0.717) is 6.54 Å². The van der Waals surface area contributed by atoms with Crippen LogP contribution in [-0.2, 0) is 13.6 Å². The third kappa shape index (κ3) is 2.48. The largest absolute Gasteiger partial charge is 0.365 e. The molecule has 0 saturated carbocycles. The molecule has 4 nitrogen and oxygen atoms in total. The normalized spacial score (nSPS) is 10.1. The van der Waals surface area contributed by atoms with Crippen molar-refractivity contribution in [2.45, 2.75) is 13.5 Å². The number of halogens is 1. The molecule has 0 atom stereocenters. The SMILES string of the molecule is Cc1cc(NCc2ccc(F)c(C#N)c2)nn1C. The summed E-state index contributed by atoms with van der Waals surface area (Å²) in [6.07, 6.45) is 0. The summed E-state index contributed by atoms with van der Waals surface area (Å²) in [7, 11) is 1.87. The van der Waals surface area contributed by atoms with Crippen molar-refractivity contribution >= 4 is 5.82 Å². The van der Waals surface area contributed by atoms with Gasteiger partial charge in [-0.1, -0.05) is 6.07 Å². The molecule has 0 aliphatic carbocycles. The lowest BCUT2D eigenvalue weighted by Gasteiger charge is -2.04. The molecule has 2 rings (SSSR count). The molecule has 0 unspecified atom stereocenters. The number of rotatable bonds is 3. The van der Waals surface area contributed by atoms with Crippen LogP contribution in [0.1, 0.15) is 16.8 Å². The number of nitrogens with one attached hydrogen (secondary N) is 1. The van der Waals surface area contributed by atoms with Gasteiger partial charge in [-0.25, -0.2) is 4.39 Å². The van der Waals surface area contributed by atoms with Crippen LogP contribution in [0.3, 0.4) is 0 Å². The van der Waals surface area contributed by atoms with Crippen LogP contribution in [0.25, 0.3) is 0 Å². The van der Waals surface area contributed by atoms with E-state index < -0.39 is 5.82 Å². The number of hydrogen-bond donors (Lipinski definition) is 1. The monoisotopic (exact) mass is 244 g/mol. The smallest absolute Gasteiger partial charge is 0.148 e. The zero-order chi connectivity index (χ0) is 13.1. The lowest BCUT2D eigenvalue weighted by Crippen LogP contribution is -2.01. The Morgan fingerprint density at radius 1 is 1.44 bits per heavy atom. The molecule has 0 aliphatic rings. The van der Waals surface area contributed by atoms with Gasteiger partial charge >= 0.3 is 0 Å². The summed E-state index contributed by atoms with van der Waals surface area (Å²) in [4.78, 5) is 0. The maximum atomic E-state index is 13.1. The molecule has 1 aromatic heterocycles. The lowest BCUT2D eigenvalue weighted by atomic mass is 10.1. The zero-order valence-electron chi connectivity index (χ0n) is 10.2. The molecule has 0 fully saturated rings. The molecule has 2 aromatic rings.